The van der Waals surface area contributed by atoms with Crippen molar-refractivity contribution in [3.8, 4) is 5.75 Å². The summed E-state index contributed by atoms with van der Waals surface area (Å²) in [6.45, 7) is 5.94. The second-order valence-electron chi connectivity index (χ2n) is 3.43. The predicted octanol–water partition coefficient (Wildman–Crippen LogP) is 2.89. The van der Waals surface area contributed by atoms with Gasteiger partial charge in [0.05, 0.1) is 6.61 Å². The van der Waals surface area contributed by atoms with Gasteiger partial charge < -0.3 is 4.74 Å². The van der Waals surface area contributed by atoms with Crippen LogP contribution in [0.2, 0.25) is 13.1 Å². The van der Waals surface area contributed by atoms with E-state index in [1.54, 1.807) is 0 Å². The number of hydrogen-bond acceptors (Lipinski definition) is 1. The molecular weight excluding hydrogens is 244 g/mol. The lowest BCUT2D eigenvalue weighted by Gasteiger charge is -2.14. The highest BCUT2D eigenvalue weighted by atomic mass is 79.9. The third-order valence-corrected chi connectivity index (χ3v) is 4.93. The quantitative estimate of drug-likeness (QED) is 0.599. The first-order chi connectivity index (χ1) is 6.04. The molecule has 0 atom stereocenters. The summed E-state index contributed by atoms with van der Waals surface area (Å²) in [5.74, 6) is 0.956. The van der Waals surface area contributed by atoms with Crippen LogP contribution in [-0.2, 0) is 0 Å². The third kappa shape index (κ3) is 3.16. The maximum Gasteiger partial charge on any atom is 0.154 e. The van der Waals surface area contributed by atoms with Crippen LogP contribution in [0.3, 0.4) is 0 Å². The highest BCUT2D eigenvalue weighted by Crippen LogP contribution is 2.14. The lowest BCUT2D eigenvalue weighted by atomic mass is 10.3. The van der Waals surface area contributed by atoms with Crippen molar-refractivity contribution in [1.29, 1.82) is 0 Å². The number of benzene rings is 1. The van der Waals surface area contributed by atoms with Gasteiger partial charge in [0.15, 0.2) is 6.69 Å². The highest BCUT2D eigenvalue weighted by molar-refractivity contribution is 9.26. The SMILES string of the molecule is CCOc1ccc([Si](C)(C)Br)cc1. The fourth-order valence-corrected chi connectivity index (χ4v) is 2.87. The zero-order valence-electron chi connectivity index (χ0n) is 8.30. The van der Waals surface area contributed by atoms with Crippen molar-refractivity contribution in [2.75, 3.05) is 6.61 Å². The van der Waals surface area contributed by atoms with Gasteiger partial charge in [-0.25, -0.2) is 0 Å². The number of hydrogen-bond donors (Lipinski definition) is 0. The monoisotopic (exact) mass is 258 g/mol. The van der Waals surface area contributed by atoms with Crippen LogP contribution in [0.4, 0.5) is 0 Å². The highest BCUT2D eigenvalue weighted by Gasteiger charge is 2.18. The molecule has 1 rings (SSSR count). The largest absolute Gasteiger partial charge is 0.494 e. The summed E-state index contributed by atoms with van der Waals surface area (Å²) in [6, 6.07) is 8.36. The smallest absolute Gasteiger partial charge is 0.154 e. The topological polar surface area (TPSA) is 9.23 Å². The van der Waals surface area contributed by atoms with Gasteiger partial charge in [-0.1, -0.05) is 25.2 Å². The minimum atomic E-state index is -1.32. The van der Waals surface area contributed by atoms with Crippen molar-refractivity contribution in [1.82, 2.24) is 0 Å². The summed E-state index contributed by atoms with van der Waals surface area (Å²) in [4.78, 5) is 0. The zero-order valence-corrected chi connectivity index (χ0v) is 10.9. The van der Waals surface area contributed by atoms with Gasteiger partial charge in [-0.05, 0) is 24.2 Å². The molecule has 0 aromatic heterocycles. The Labute approximate surface area is 88.7 Å². The van der Waals surface area contributed by atoms with Crippen molar-refractivity contribution in [2.45, 2.75) is 20.0 Å². The first kappa shape index (κ1) is 10.8. The van der Waals surface area contributed by atoms with Crippen LogP contribution in [0.5, 0.6) is 5.75 Å². The molecule has 13 heavy (non-hydrogen) atoms. The van der Waals surface area contributed by atoms with Crippen molar-refractivity contribution in [3.05, 3.63) is 24.3 Å². The summed E-state index contributed by atoms with van der Waals surface area (Å²) in [5, 5.41) is 1.40. The molecule has 0 aliphatic rings. The van der Waals surface area contributed by atoms with E-state index in [4.69, 9.17) is 4.74 Å². The van der Waals surface area contributed by atoms with Gasteiger partial charge >= 0.3 is 0 Å². The van der Waals surface area contributed by atoms with Gasteiger partial charge in [-0.15, -0.1) is 15.3 Å². The Balaban J connectivity index is 2.81. The molecule has 0 saturated heterocycles. The fraction of sp³-hybridized carbons (Fsp3) is 0.400. The van der Waals surface area contributed by atoms with Crippen LogP contribution in [0.1, 0.15) is 6.92 Å². The van der Waals surface area contributed by atoms with Crippen LogP contribution in [0, 0.1) is 0 Å². The van der Waals surface area contributed by atoms with Gasteiger partial charge in [0.25, 0.3) is 0 Å². The Morgan fingerprint density at radius 1 is 1.23 bits per heavy atom. The molecule has 0 fully saturated rings. The van der Waals surface area contributed by atoms with Crippen molar-refractivity contribution >= 4 is 27.2 Å². The minimum absolute atomic E-state index is 0.731. The second-order valence-corrected chi connectivity index (χ2v) is 12.9. The lowest BCUT2D eigenvalue weighted by Crippen LogP contribution is -2.33. The Bertz CT molecular complexity index is 263. The Hall–Kier alpha value is -0.283. The van der Waals surface area contributed by atoms with E-state index < -0.39 is 6.69 Å². The fourth-order valence-electron chi connectivity index (χ4n) is 1.11. The average molecular weight is 259 g/mol. The molecule has 0 bridgehead atoms. The van der Waals surface area contributed by atoms with Crippen LogP contribution < -0.4 is 9.92 Å². The molecule has 1 aromatic carbocycles. The molecule has 1 aromatic rings. The molecule has 0 saturated carbocycles. The van der Waals surface area contributed by atoms with Gasteiger partial charge in [-0.3, -0.25) is 0 Å². The van der Waals surface area contributed by atoms with E-state index in [-0.39, 0.29) is 0 Å². The van der Waals surface area contributed by atoms with Crippen molar-refractivity contribution < 1.29 is 4.74 Å². The maximum absolute atomic E-state index is 5.37. The summed E-state index contributed by atoms with van der Waals surface area (Å²) in [6.07, 6.45) is 0. The maximum atomic E-state index is 5.37. The van der Waals surface area contributed by atoms with E-state index in [2.05, 4.69) is 40.5 Å². The minimum Gasteiger partial charge on any atom is -0.494 e. The molecular formula is C10H15BrOSi. The molecule has 0 amide bonds. The van der Waals surface area contributed by atoms with E-state index in [0.717, 1.165) is 12.4 Å². The zero-order chi connectivity index (χ0) is 9.90. The Morgan fingerprint density at radius 3 is 2.15 bits per heavy atom. The summed E-state index contributed by atoms with van der Waals surface area (Å²) < 4.78 is 5.37. The molecule has 72 valence electrons. The number of rotatable bonds is 3. The van der Waals surface area contributed by atoms with Gasteiger partial charge in [0.1, 0.15) is 5.75 Å². The summed E-state index contributed by atoms with van der Waals surface area (Å²) in [7, 11) is 0. The number of halogens is 1. The van der Waals surface area contributed by atoms with Gasteiger partial charge in [-0.2, -0.15) is 0 Å². The molecule has 0 spiro atoms. The van der Waals surface area contributed by atoms with Crippen LogP contribution in [0.15, 0.2) is 24.3 Å². The molecule has 0 aliphatic carbocycles. The van der Waals surface area contributed by atoms with Crippen LogP contribution in [0.25, 0.3) is 0 Å². The molecule has 0 unspecified atom stereocenters. The molecule has 0 aliphatic heterocycles. The van der Waals surface area contributed by atoms with Crippen LogP contribution in [-0.4, -0.2) is 13.3 Å². The van der Waals surface area contributed by atoms with E-state index in [1.807, 2.05) is 19.1 Å². The standard InChI is InChI=1S/C10H15BrOSi/c1-4-12-9-5-7-10(8-6-9)13(2,3)11/h5-8H,4H2,1-3H3. The average Bonchev–Trinajstić information content (AvgIpc) is 2.04. The Kier molecular flexibility index (Phi) is 3.56. The van der Waals surface area contributed by atoms with Gasteiger partial charge in [0, 0.05) is 0 Å². The van der Waals surface area contributed by atoms with E-state index in [0.29, 0.717) is 0 Å². The molecule has 0 heterocycles. The third-order valence-electron chi connectivity index (χ3n) is 1.85. The van der Waals surface area contributed by atoms with Crippen LogP contribution >= 0.6 is 15.3 Å². The molecule has 1 nitrogen and oxygen atoms in total. The second kappa shape index (κ2) is 4.29. The molecule has 3 heteroatoms. The van der Waals surface area contributed by atoms with E-state index in [9.17, 15) is 0 Å². The first-order valence-electron chi connectivity index (χ1n) is 4.46. The summed E-state index contributed by atoms with van der Waals surface area (Å²) >= 11 is 3.75. The summed E-state index contributed by atoms with van der Waals surface area (Å²) in [5.41, 5.74) is 0. The number of ether oxygens (including phenoxy) is 1. The van der Waals surface area contributed by atoms with E-state index >= 15 is 0 Å². The van der Waals surface area contributed by atoms with E-state index in [1.165, 1.54) is 5.19 Å². The Morgan fingerprint density at radius 2 is 1.77 bits per heavy atom. The van der Waals surface area contributed by atoms with Crippen molar-refractivity contribution in [3.63, 3.8) is 0 Å². The van der Waals surface area contributed by atoms with Gasteiger partial charge in [0.2, 0.25) is 0 Å². The first-order valence-corrected chi connectivity index (χ1v) is 9.72. The van der Waals surface area contributed by atoms with Crippen molar-refractivity contribution in [2.24, 2.45) is 0 Å². The predicted molar refractivity (Wildman–Crippen MR) is 63.7 cm³/mol. The molecule has 0 radical (unpaired) electrons. The lowest BCUT2D eigenvalue weighted by molar-refractivity contribution is 0.340. The normalized spacial score (nSPS) is 11.4. The molecule has 0 N–H and O–H groups in total.